The molecule has 0 aromatic carbocycles. The number of nitrogen functional groups attached to an aromatic ring is 1. The molecule has 1 atom stereocenters. The second kappa shape index (κ2) is 2.65. The Bertz CT molecular complexity index is 266. The lowest BCUT2D eigenvalue weighted by Crippen LogP contribution is -2.07. The Labute approximate surface area is 63.6 Å². The van der Waals surface area contributed by atoms with Crippen molar-refractivity contribution in [2.75, 3.05) is 5.73 Å². The number of carboxylic acids is 1. The largest absolute Gasteiger partial charge is 0.481 e. The smallest absolute Gasteiger partial charge is 0.310 e. The van der Waals surface area contributed by atoms with Crippen LogP contribution >= 0.6 is 0 Å². The van der Waals surface area contributed by atoms with Crippen molar-refractivity contribution >= 4 is 11.9 Å². The van der Waals surface area contributed by atoms with Gasteiger partial charge in [-0.2, -0.15) is 0 Å². The third kappa shape index (κ3) is 1.34. The SMILES string of the molecule is C[C@H](C(=O)O)c1ccoc1N. The van der Waals surface area contributed by atoms with Gasteiger partial charge in [0.25, 0.3) is 0 Å². The quantitative estimate of drug-likeness (QED) is 0.669. The molecule has 4 nitrogen and oxygen atoms in total. The van der Waals surface area contributed by atoms with E-state index in [1.807, 2.05) is 0 Å². The number of furan rings is 1. The highest BCUT2D eigenvalue weighted by Gasteiger charge is 2.17. The van der Waals surface area contributed by atoms with Crippen LogP contribution in [0.4, 0.5) is 5.88 Å². The summed E-state index contributed by atoms with van der Waals surface area (Å²) in [7, 11) is 0. The Morgan fingerprint density at radius 1 is 1.82 bits per heavy atom. The summed E-state index contributed by atoms with van der Waals surface area (Å²) in [5.41, 5.74) is 5.87. The van der Waals surface area contributed by atoms with Crippen molar-refractivity contribution in [1.82, 2.24) is 0 Å². The monoisotopic (exact) mass is 155 g/mol. The van der Waals surface area contributed by atoms with Crippen LogP contribution in [-0.4, -0.2) is 11.1 Å². The van der Waals surface area contributed by atoms with E-state index in [2.05, 4.69) is 0 Å². The molecule has 3 N–H and O–H groups in total. The Morgan fingerprint density at radius 2 is 2.45 bits per heavy atom. The molecule has 0 saturated carbocycles. The first kappa shape index (κ1) is 7.65. The molecule has 1 rings (SSSR count). The Hall–Kier alpha value is -1.45. The molecule has 0 unspecified atom stereocenters. The molecule has 0 aliphatic carbocycles. The minimum absolute atomic E-state index is 0.180. The molecule has 0 fully saturated rings. The molecule has 0 amide bonds. The summed E-state index contributed by atoms with van der Waals surface area (Å²) in [6.07, 6.45) is 1.38. The minimum atomic E-state index is -0.905. The molecular weight excluding hydrogens is 146 g/mol. The van der Waals surface area contributed by atoms with Crippen LogP contribution in [0.25, 0.3) is 0 Å². The van der Waals surface area contributed by atoms with Gasteiger partial charge in [0.15, 0.2) is 5.88 Å². The van der Waals surface area contributed by atoms with Crippen LogP contribution in [0.1, 0.15) is 18.4 Å². The van der Waals surface area contributed by atoms with E-state index < -0.39 is 11.9 Å². The van der Waals surface area contributed by atoms with Gasteiger partial charge in [-0.15, -0.1) is 0 Å². The molecule has 1 heterocycles. The number of carbonyl (C=O) groups is 1. The van der Waals surface area contributed by atoms with Crippen molar-refractivity contribution in [2.45, 2.75) is 12.8 Å². The average Bonchev–Trinajstić information content (AvgIpc) is 2.33. The number of hydrogen-bond donors (Lipinski definition) is 2. The molecule has 60 valence electrons. The zero-order valence-corrected chi connectivity index (χ0v) is 6.07. The Morgan fingerprint density at radius 3 is 2.82 bits per heavy atom. The molecule has 0 aliphatic rings. The molecule has 4 heteroatoms. The van der Waals surface area contributed by atoms with E-state index in [-0.39, 0.29) is 5.88 Å². The van der Waals surface area contributed by atoms with E-state index in [1.54, 1.807) is 13.0 Å². The number of anilines is 1. The third-order valence-corrected chi connectivity index (χ3v) is 1.56. The molecule has 0 aliphatic heterocycles. The van der Waals surface area contributed by atoms with Gasteiger partial charge in [0.05, 0.1) is 12.2 Å². The molecule has 0 radical (unpaired) electrons. The van der Waals surface area contributed by atoms with Crippen LogP contribution in [-0.2, 0) is 4.79 Å². The van der Waals surface area contributed by atoms with Gasteiger partial charge in [-0.25, -0.2) is 0 Å². The van der Waals surface area contributed by atoms with Gasteiger partial charge in [-0.3, -0.25) is 4.79 Å². The molecule has 1 aromatic heterocycles. The lowest BCUT2D eigenvalue weighted by Gasteiger charge is -2.02. The lowest BCUT2D eigenvalue weighted by atomic mass is 10.0. The van der Waals surface area contributed by atoms with Crippen molar-refractivity contribution in [1.29, 1.82) is 0 Å². The normalized spacial score (nSPS) is 12.8. The summed E-state index contributed by atoms with van der Waals surface area (Å²) in [4.78, 5) is 10.5. The van der Waals surface area contributed by atoms with Gasteiger partial charge in [0.1, 0.15) is 0 Å². The maximum absolute atomic E-state index is 10.5. The Kier molecular flexibility index (Phi) is 1.85. The van der Waals surface area contributed by atoms with Crippen LogP contribution in [0, 0.1) is 0 Å². The predicted molar refractivity (Wildman–Crippen MR) is 39.2 cm³/mol. The first-order valence-electron chi connectivity index (χ1n) is 3.18. The van der Waals surface area contributed by atoms with Gasteiger partial charge in [0.2, 0.25) is 0 Å². The van der Waals surface area contributed by atoms with Gasteiger partial charge >= 0.3 is 5.97 Å². The van der Waals surface area contributed by atoms with E-state index in [0.29, 0.717) is 5.56 Å². The number of nitrogens with two attached hydrogens (primary N) is 1. The molecule has 0 bridgehead atoms. The third-order valence-electron chi connectivity index (χ3n) is 1.56. The first-order chi connectivity index (χ1) is 5.13. The number of hydrogen-bond acceptors (Lipinski definition) is 3. The zero-order valence-electron chi connectivity index (χ0n) is 6.07. The predicted octanol–water partition coefficient (Wildman–Crippen LogP) is 1.05. The minimum Gasteiger partial charge on any atom is -0.481 e. The molecular formula is C7H9NO3. The Balaban J connectivity index is 2.92. The van der Waals surface area contributed by atoms with Gasteiger partial charge < -0.3 is 15.3 Å². The van der Waals surface area contributed by atoms with Crippen LogP contribution < -0.4 is 5.73 Å². The second-order valence-electron chi connectivity index (χ2n) is 2.30. The summed E-state index contributed by atoms with van der Waals surface area (Å²) >= 11 is 0. The first-order valence-corrected chi connectivity index (χ1v) is 3.18. The van der Waals surface area contributed by atoms with E-state index in [4.69, 9.17) is 15.3 Å². The van der Waals surface area contributed by atoms with Crippen molar-refractivity contribution in [2.24, 2.45) is 0 Å². The maximum Gasteiger partial charge on any atom is 0.310 e. The topological polar surface area (TPSA) is 76.5 Å². The van der Waals surface area contributed by atoms with Crippen LogP contribution in [0.2, 0.25) is 0 Å². The number of rotatable bonds is 2. The summed E-state index contributed by atoms with van der Waals surface area (Å²) in [6.45, 7) is 1.56. The van der Waals surface area contributed by atoms with Gasteiger partial charge in [0, 0.05) is 5.56 Å². The fourth-order valence-corrected chi connectivity index (χ4v) is 0.822. The summed E-state index contributed by atoms with van der Waals surface area (Å²) in [5.74, 6) is -1.33. The summed E-state index contributed by atoms with van der Waals surface area (Å²) in [6, 6.07) is 1.56. The van der Waals surface area contributed by atoms with E-state index in [0.717, 1.165) is 0 Å². The number of carboxylic acid groups (broad SMARTS) is 1. The average molecular weight is 155 g/mol. The summed E-state index contributed by atoms with van der Waals surface area (Å²) in [5, 5.41) is 8.58. The van der Waals surface area contributed by atoms with Gasteiger partial charge in [-0.1, -0.05) is 0 Å². The van der Waals surface area contributed by atoms with E-state index in [9.17, 15) is 4.79 Å². The summed E-state index contributed by atoms with van der Waals surface area (Å²) < 4.78 is 4.75. The van der Waals surface area contributed by atoms with E-state index in [1.165, 1.54) is 6.26 Å². The highest BCUT2D eigenvalue weighted by atomic mass is 16.4. The van der Waals surface area contributed by atoms with Crippen molar-refractivity contribution in [3.8, 4) is 0 Å². The highest BCUT2D eigenvalue weighted by Crippen LogP contribution is 2.22. The van der Waals surface area contributed by atoms with Crippen LogP contribution in [0.3, 0.4) is 0 Å². The lowest BCUT2D eigenvalue weighted by molar-refractivity contribution is -0.138. The molecule has 0 saturated heterocycles. The maximum atomic E-state index is 10.5. The standard InChI is InChI=1S/C7H9NO3/c1-4(7(9)10)5-2-3-11-6(5)8/h2-4H,8H2,1H3,(H,9,10)/t4-/m0/s1. The van der Waals surface area contributed by atoms with Crippen molar-refractivity contribution in [3.05, 3.63) is 17.9 Å². The highest BCUT2D eigenvalue weighted by molar-refractivity contribution is 5.77. The van der Waals surface area contributed by atoms with E-state index >= 15 is 0 Å². The van der Waals surface area contributed by atoms with Crippen molar-refractivity contribution in [3.63, 3.8) is 0 Å². The van der Waals surface area contributed by atoms with Crippen LogP contribution in [0.5, 0.6) is 0 Å². The number of aliphatic carboxylic acids is 1. The fourth-order valence-electron chi connectivity index (χ4n) is 0.822. The molecule has 1 aromatic rings. The molecule has 11 heavy (non-hydrogen) atoms. The van der Waals surface area contributed by atoms with Crippen LogP contribution in [0.15, 0.2) is 16.7 Å². The molecule has 0 spiro atoms. The second-order valence-corrected chi connectivity index (χ2v) is 2.30. The van der Waals surface area contributed by atoms with Gasteiger partial charge in [-0.05, 0) is 13.0 Å². The zero-order chi connectivity index (χ0) is 8.43. The fraction of sp³-hybridized carbons (Fsp3) is 0.286. The van der Waals surface area contributed by atoms with Crippen molar-refractivity contribution < 1.29 is 14.3 Å².